The largest absolute Gasteiger partial charge is 0.316 e. The Bertz CT molecular complexity index is 687. The molecule has 2 N–H and O–H groups in total. The quantitative estimate of drug-likeness (QED) is 0.767. The van der Waals surface area contributed by atoms with Crippen LogP contribution in [0.25, 0.3) is 11.3 Å². The van der Waals surface area contributed by atoms with E-state index in [-0.39, 0.29) is 0 Å². The third-order valence-corrected chi connectivity index (χ3v) is 3.60. The number of nitrogens with one attached hydrogen (secondary N) is 2. The zero-order chi connectivity index (χ0) is 13.2. The summed E-state index contributed by atoms with van der Waals surface area (Å²) in [6.45, 7) is 4.09. The third-order valence-electron chi connectivity index (χ3n) is 2.72. The number of aryl methyl sites for hydroxylation is 2. The number of anilines is 2. The lowest BCUT2D eigenvalue weighted by Crippen LogP contribution is -1.92. The lowest BCUT2D eigenvalue weighted by atomic mass is 10.2. The summed E-state index contributed by atoms with van der Waals surface area (Å²) in [6, 6.07) is 3.96. The predicted octanol–water partition coefficient (Wildman–Crippen LogP) is 3.29. The Kier molecular flexibility index (Phi) is 3.00. The highest BCUT2D eigenvalue weighted by Gasteiger charge is 2.11. The van der Waals surface area contributed by atoms with E-state index >= 15 is 0 Å². The Morgan fingerprint density at radius 2 is 2.21 bits per heavy atom. The fourth-order valence-corrected chi connectivity index (χ4v) is 2.65. The maximum atomic E-state index is 4.58. The first kappa shape index (κ1) is 11.9. The highest BCUT2D eigenvalue weighted by Crippen LogP contribution is 2.31. The van der Waals surface area contributed by atoms with Gasteiger partial charge in [0.05, 0.1) is 11.9 Å². The van der Waals surface area contributed by atoms with Gasteiger partial charge in [0.25, 0.3) is 0 Å². The summed E-state index contributed by atoms with van der Waals surface area (Å²) in [4.78, 5) is 10.0. The van der Waals surface area contributed by atoms with Gasteiger partial charge in [0.2, 0.25) is 0 Å². The number of aromatic nitrogens is 4. The summed E-state index contributed by atoms with van der Waals surface area (Å²) in [7, 11) is 0. The van der Waals surface area contributed by atoms with E-state index < -0.39 is 0 Å². The van der Waals surface area contributed by atoms with Crippen molar-refractivity contribution >= 4 is 22.3 Å². The molecule has 6 heteroatoms. The average molecular weight is 271 g/mol. The van der Waals surface area contributed by atoms with Crippen molar-refractivity contribution in [3.05, 3.63) is 41.2 Å². The molecule has 0 fully saturated rings. The van der Waals surface area contributed by atoms with Gasteiger partial charge >= 0.3 is 0 Å². The minimum atomic E-state index is 0.812. The van der Waals surface area contributed by atoms with Crippen molar-refractivity contribution in [2.75, 3.05) is 5.32 Å². The van der Waals surface area contributed by atoms with Crippen LogP contribution in [0.1, 0.15) is 10.4 Å². The molecule has 19 heavy (non-hydrogen) atoms. The first-order chi connectivity index (χ1) is 9.22. The molecule has 96 valence electrons. The summed E-state index contributed by atoms with van der Waals surface area (Å²) in [5.74, 6) is 0.812. The van der Waals surface area contributed by atoms with Crippen LogP contribution in [-0.4, -0.2) is 20.2 Å². The third kappa shape index (κ3) is 2.48. The van der Waals surface area contributed by atoms with E-state index in [1.54, 1.807) is 23.7 Å². The Hall–Kier alpha value is -2.21. The molecule has 0 amide bonds. The number of pyridine rings is 1. The number of aromatic amines is 1. The second-order valence-electron chi connectivity index (χ2n) is 4.25. The van der Waals surface area contributed by atoms with Gasteiger partial charge in [-0.25, -0.2) is 9.97 Å². The highest BCUT2D eigenvalue weighted by atomic mass is 32.1. The van der Waals surface area contributed by atoms with Crippen LogP contribution in [-0.2, 0) is 0 Å². The number of hydrogen-bond acceptors (Lipinski definition) is 5. The lowest BCUT2D eigenvalue weighted by molar-refractivity contribution is 1.09. The molecule has 0 saturated carbocycles. The smallest absolute Gasteiger partial charge is 0.189 e. The van der Waals surface area contributed by atoms with Crippen LogP contribution in [0.2, 0.25) is 0 Å². The Labute approximate surface area is 114 Å². The number of rotatable bonds is 3. The molecular formula is C13H13N5S. The maximum absolute atomic E-state index is 4.58. The van der Waals surface area contributed by atoms with Gasteiger partial charge in [-0.3, -0.25) is 5.10 Å². The molecule has 3 heterocycles. The summed E-state index contributed by atoms with van der Waals surface area (Å²) >= 11 is 1.61. The molecular weight excluding hydrogens is 258 g/mol. The molecule has 0 bridgehead atoms. The summed E-state index contributed by atoms with van der Waals surface area (Å²) in [5, 5.41) is 10.8. The SMILES string of the molecule is Cc1ccnc(Nc2nc(-c3cn[nH]c3)c(C)s2)c1. The van der Waals surface area contributed by atoms with Gasteiger partial charge in [0.15, 0.2) is 5.13 Å². The Morgan fingerprint density at radius 3 is 2.95 bits per heavy atom. The van der Waals surface area contributed by atoms with E-state index in [4.69, 9.17) is 0 Å². The molecule has 0 aliphatic rings. The highest BCUT2D eigenvalue weighted by molar-refractivity contribution is 7.16. The maximum Gasteiger partial charge on any atom is 0.189 e. The van der Waals surface area contributed by atoms with Crippen molar-refractivity contribution in [1.82, 2.24) is 20.2 Å². The number of hydrogen-bond donors (Lipinski definition) is 2. The van der Waals surface area contributed by atoms with Gasteiger partial charge in [-0.2, -0.15) is 5.10 Å². The normalized spacial score (nSPS) is 10.6. The van der Waals surface area contributed by atoms with Gasteiger partial charge in [0, 0.05) is 22.8 Å². The first-order valence-electron chi connectivity index (χ1n) is 5.88. The lowest BCUT2D eigenvalue weighted by Gasteiger charge is -2.01. The minimum Gasteiger partial charge on any atom is -0.316 e. The van der Waals surface area contributed by atoms with Crippen molar-refractivity contribution in [2.45, 2.75) is 13.8 Å². The summed E-state index contributed by atoms with van der Waals surface area (Å²) in [5.41, 5.74) is 3.12. The van der Waals surface area contributed by atoms with Gasteiger partial charge in [-0.1, -0.05) is 0 Å². The number of thiazole rings is 1. The van der Waals surface area contributed by atoms with Crippen LogP contribution in [0.15, 0.2) is 30.7 Å². The zero-order valence-corrected chi connectivity index (χ0v) is 11.5. The topological polar surface area (TPSA) is 66.5 Å². The Morgan fingerprint density at radius 1 is 1.32 bits per heavy atom. The fourth-order valence-electron chi connectivity index (χ4n) is 1.81. The number of nitrogens with zero attached hydrogens (tertiary/aromatic N) is 3. The molecule has 3 rings (SSSR count). The molecule has 0 unspecified atom stereocenters. The van der Waals surface area contributed by atoms with E-state index in [1.165, 1.54) is 5.56 Å². The molecule has 3 aromatic heterocycles. The predicted molar refractivity (Wildman–Crippen MR) is 76.7 cm³/mol. The van der Waals surface area contributed by atoms with Crippen molar-refractivity contribution in [2.24, 2.45) is 0 Å². The van der Waals surface area contributed by atoms with E-state index in [2.05, 4.69) is 32.4 Å². The monoisotopic (exact) mass is 271 g/mol. The van der Waals surface area contributed by atoms with Crippen molar-refractivity contribution < 1.29 is 0 Å². The molecule has 0 aliphatic carbocycles. The first-order valence-corrected chi connectivity index (χ1v) is 6.70. The van der Waals surface area contributed by atoms with Gasteiger partial charge in [0.1, 0.15) is 5.82 Å². The Balaban J connectivity index is 1.89. The zero-order valence-electron chi connectivity index (χ0n) is 10.6. The van der Waals surface area contributed by atoms with Crippen LogP contribution in [0.5, 0.6) is 0 Å². The van der Waals surface area contributed by atoms with Gasteiger partial charge < -0.3 is 5.32 Å². The van der Waals surface area contributed by atoms with Gasteiger partial charge in [-0.05, 0) is 31.5 Å². The average Bonchev–Trinajstić information content (AvgIpc) is 2.98. The van der Waals surface area contributed by atoms with Crippen LogP contribution < -0.4 is 5.32 Å². The van der Waals surface area contributed by atoms with Crippen molar-refractivity contribution in [3.8, 4) is 11.3 Å². The fraction of sp³-hybridized carbons (Fsp3) is 0.154. The standard InChI is InChI=1S/C13H13N5S/c1-8-3-4-14-11(5-8)17-13-18-12(9(2)19-13)10-6-15-16-7-10/h3-7H,1-2H3,(H,15,16)(H,14,17,18). The summed E-state index contributed by atoms with van der Waals surface area (Å²) < 4.78 is 0. The molecule has 0 spiro atoms. The van der Waals surface area contributed by atoms with Crippen molar-refractivity contribution in [3.63, 3.8) is 0 Å². The molecule has 0 aliphatic heterocycles. The molecule has 0 atom stereocenters. The van der Waals surface area contributed by atoms with Crippen LogP contribution in [0.3, 0.4) is 0 Å². The molecule has 0 saturated heterocycles. The van der Waals surface area contributed by atoms with E-state index in [1.807, 2.05) is 25.3 Å². The second-order valence-corrected chi connectivity index (χ2v) is 5.46. The molecule has 3 aromatic rings. The molecule has 0 radical (unpaired) electrons. The van der Waals surface area contributed by atoms with E-state index in [9.17, 15) is 0 Å². The van der Waals surface area contributed by atoms with Crippen LogP contribution in [0.4, 0.5) is 10.9 Å². The van der Waals surface area contributed by atoms with Crippen molar-refractivity contribution in [1.29, 1.82) is 0 Å². The molecule has 5 nitrogen and oxygen atoms in total. The van der Waals surface area contributed by atoms with Crippen LogP contribution in [0, 0.1) is 13.8 Å². The van der Waals surface area contributed by atoms with Crippen LogP contribution >= 0.6 is 11.3 Å². The van der Waals surface area contributed by atoms with Gasteiger partial charge in [-0.15, -0.1) is 11.3 Å². The minimum absolute atomic E-state index is 0.812. The van der Waals surface area contributed by atoms with E-state index in [0.717, 1.165) is 27.1 Å². The second kappa shape index (κ2) is 4.81. The van der Waals surface area contributed by atoms with E-state index in [0.29, 0.717) is 0 Å². The summed E-state index contributed by atoms with van der Waals surface area (Å²) in [6.07, 6.45) is 5.41. The number of H-pyrrole nitrogens is 1. The molecule has 0 aromatic carbocycles.